The Morgan fingerprint density at radius 2 is 1.95 bits per heavy atom. The molecule has 2 aromatic carbocycles. The number of nitrogens with one attached hydrogen (secondary N) is 1. The fourth-order valence-corrected chi connectivity index (χ4v) is 5.32. The maximum absolute atomic E-state index is 15.1. The molecule has 41 heavy (non-hydrogen) atoms. The molecule has 5 rings (SSSR count). The van der Waals surface area contributed by atoms with Crippen molar-refractivity contribution < 1.29 is 9.18 Å². The van der Waals surface area contributed by atoms with Gasteiger partial charge in [-0.05, 0) is 75.7 Å². The number of halogens is 2. The molecule has 1 amide bonds. The predicted molar refractivity (Wildman–Crippen MR) is 157 cm³/mol. The average molecular weight is 573 g/mol. The number of hydrogen-bond donors (Lipinski definition) is 1. The molecule has 4 aromatic rings. The van der Waals surface area contributed by atoms with E-state index in [4.69, 9.17) is 16.9 Å². The van der Waals surface area contributed by atoms with Crippen molar-refractivity contribution in [2.24, 2.45) is 5.92 Å². The molecule has 0 spiro atoms. The van der Waals surface area contributed by atoms with Crippen molar-refractivity contribution in [3.63, 3.8) is 0 Å². The van der Waals surface area contributed by atoms with Crippen LogP contribution in [0.3, 0.4) is 0 Å². The molecule has 0 atom stereocenters. The van der Waals surface area contributed by atoms with Gasteiger partial charge in [-0.3, -0.25) is 19.1 Å². The smallest absolute Gasteiger partial charge is 0.263 e. The van der Waals surface area contributed by atoms with Crippen LogP contribution >= 0.6 is 11.6 Å². The van der Waals surface area contributed by atoms with Gasteiger partial charge in [0.15, 0.2) is 5.65 Å². The molecule has 1 aliphatic rings. The number of benzene rings is 2. The van der Waals surface area contributed by atoms with E-state index in [1.807, 2.05) is 13.8 Å². The van der Waals surface area contributed by atoms with E-state index in [0.29, 0.717) is 28.3 Å². The quantitative estimate of drug-likeness (QED) is 0.327. The van der Waals surface area contributed by atoms with E-state index in [0.717, 1.165) is 31.5 Å². The molecule has 0 unspecified atom stereocenters. The molecule has 210 valence electrons. The van der Waals surface area contributed by atoms with Crippen molar-refractivity contribution in [1.82, 2.24) is 24.8 Å². The van der Waals surface area contributed by atoms with Gasteiger partial charge in [0.1, 0.15) is 18.2 Å². The van der Waals surface area contributed by atoms with Gasteiger partial charge in [0.25, 0.3) is 5.56 Å². The lowest BCUT2D eigenvalue weighted by Crippen LogP contribution is -2.37. The van der Waals surface area contributed by atoms with Crippen molar-refractivity contribution >= 4 is 28.5 Å². The third-order valence-corrected chi connectivity index (χ3v) is 7.40. The van der Waals surface area contributed by atoms with Gasteiger partial charge in [-0.2, -0.15) is 5.26 Å². The molecule has 10 heteroatoms. The number of carbonyl (C=O) groups excluding carboxylic acids is 1. The first kappa shape index (κ1) is 28.4. The molecule has 0 bridgehead atoms. The number of nitrogens with zero attached hydrogens (tertiary/aromatic N) is 5. The lowest BCUT2D eigenvalue weighted by atomic mass is 9.97. The van der Waals surface area contributed by atoms with Gasteiger partial charge in [0.05, 0.1) is 11.5 Å². The number of likely N-dealkylation sites (tertiary alicyclic amines) is 1. The number of rotatable bonds is 7. The molecule has 0 radical (unpaired) electrons. The molecular weight excluding hydrogens is 543 g/mol. The number of aromatic nitrogens is 3. The molecule has 1 aliphatic heterocycles. The number of pyridine rings is 1. The minimum atomic E-state index is -0.463. The van der Waals surface area contributed by atoms with Crippen molar-refractivity contribution in [1.29, 1.82) is 5.26 Å². The Kier molecular flexibility index (Phi) is 8.43. The summed E-state index contributed by atoms with van der Waals surface area (Å²) in [6, 6.07) is 15.6. The van der Waals surface area contributed by atoms with Crippen LogP contribution in [-0.2, 0) is 17.9 Å². The first-order valence-corrected chi connectivity index (χ1v) is 14.0. The third kappa shape index (κ3) is 6.45. The summed E-state index contributed by atoms with van der Waals surface area (Å²) in [6.45, 7) is 5.68. The van der Waals surface area contributed by atoms with Crippen LogP contribution in [0.25, 0.3) is 33.5 Å². The Hall–Kier alpha value is -4.13. The summed E-state index contributed by atoms with van der Waals surface area (Å²) in [4.78, 5) is 37.9. The van der Waals surface area contributed by atoms with Crippen molar-refractivity contribution in [2.75, 3.05) is 13.1 Å². The van der Waals surface area contributed by atoms with Crippen LogP contribution in [0.4, 0.5) is 4.39 Å². The number of carbonyl (C=O) groups is 1. The molecule has 0 aliphatic carbocycles. The van der Waals surface area contributed by atoms with Gasteiger partial charge < -0.3 is 5.32 Å². The van der Waals surface area contributed by atoms with Crippen LogP contribution in [0.1, 0.15) is 32.3 Å². The minimum Gasteiger partial charge on any atom is -0.352 e. The Balaban J connectivity index is 1.54. The van der Waals surface area contributed by atoms with Crippen LogP contribution < -0.4 is 10.9 Å². The van der Waals surface area contributed by atoms with E-state index in [1.54, 1.807) is 42.5 Å². The normalized spacial score (nSPS) is 14.3. The first-order chi connectivity index (χ1) is 19.7. The summed E-state index contributed by atoms with van der Waals surface area (Å²) in [5.41, 5.74) is 1.98. The zero-order chi connectivity index (χ0) is 29.1. The second kappa shape index (κ2) is 12.2. The SMILES string of the molecule is CC(C)NC(=O)Cn1c(-c2cccc(Cl)c2)nc2ncc(-c3cc(CN4CCC(C#N)CC4)ccc3F)cc2c1=O. The summed E-state index contributed by atoms with van der Waals surface area (Å²) in [6.07, 6.45) is 3.16. The highest BCUT2D eigenvalue weighted by atomic mass is 35.5. The molecule has 1 N–H and O–H groups in total. The topological polar surface area (TPSA) is 104 Å². The van der Waals surface area contributed by atoms with Crippen molar-refractivity contribution in [3.8, 4) is 28.6 Å². The Morgan fingerprint density at radius 3 is 2.66 bits per heavy atom. The lowest BCUT2D eigenvalue weighted by molar-refractivity contribution is -0.122. The Labute approximate surface area is 242 Å². The van der Waals surface area contributed by atoms with E-state index in [2.05, 4.69) is 26.3 Å². The van der Waals surface area contributed by atoms with E-state index in [1.165, 1.54) is 16.8 Å². The standard InChI is InChI=1S/C31H30ClFN6O2/c1-19(2)36-28(40)18-39-30(22-4-3-5-24(32)13-22)37-29-26(31(39)41)14-23(16-35-29)25-12-21(6-7-27(25)33)17-38-10-8-20(15-34)9-11-38/h3-7,12-14,16,19-20H,8-11,17-18H2,1-2H3,(H,36,40). The fraction of sp³-hybridized carbons (Fsp3) is 0.323. The second-order valence-corrected chi connectivity index (χ2v) is 11.1. The van der Waals surface area contributed by atoms with Gasteiger partial charge in [-0.1, -0.05) is 29.8 Å². The molecule has 3 heterocycles. The van der Waals surface area contributed by atoms with E-state index in [-0.39, 0.29) is 41.3 Å². The molecule has 2 aromatic heterocycles. The highest BCUT2D eigenvalue weighted by Crippen LogP contribution is 2.28. The Morgan fingerprint density at radius 1 is 1.17 bits per heavy atom. The highest BCUT2D eigenvalue weighted by molar-refractivity contribution is 6.30. The second-order valence-electron chi connectivity index (χ2n) is 10.6. The Bertz CT molecular complexity index is 1710. The lowest BCUT2D eigenvalue weighted by Gasteiger charge is -2.29. The van der Waals surface area contributed by atoms with Crippen molar-refractivity contribution in [3.05, 3.63) is 81.5 Å². The van der Waals surface area contributed by atoms with Crippen LogP contribution in [-0.4, -0.2) is 44.5 Å². The third-order valence-electron chi connectivity index (χ3n) is 7.16. The largest absolute Gasteiger partial charge is 0.352 e. The number of piperidine rings is 1. The highest BCUT2D eigenvalue weighted by Gasteiger charge is 2.21. The van der Waals surface area contributed by atoms with Crippen LogP contribution in [0.5, 0.6) is 0 Å². The van der Waals surface area contributed by atoms with Gasteiger partial charge in [0.2, 0.25) is 5.91 Å². The minimum absolute atomic E-state index is 0.0900. The fourth-order valence-electron chi connectivity index (χ4n) is 5.13. The molecule has 1 fully saturated rings. The van der Waals surface area contributed by atoms with Crippen LogP contribution in [0.2, 0.25) is 5.02 Å². The number of hydrogen-bond acceptors (Lipinski definition) is 6. The summed E-state index contributed by atoms with van der Waals surface area (Å²) < 4.78 is 16.4. The average Bonchev–Trinajstić information content (AvgIpc) is 2.95. The number of nitriles is 1. The molecule has 8 nitrogen and oxygen atoms in total. The maximum Gasteiger partial charge on any atom is 0.263 e. The zero-order valence-electron chi connectivity index (χ0n) is 22.9. The number of fused-ring (bicyclic) bond motifs is 1. The van der Waals surface area contributed by atoms with E-state index in [9.17, 15) is 9.59 Å². The van der Waals surface area contributed by atoms with Crippen LogP contribution in [0, 0.1) is 23.1 Å². The van der Waals surface area contributed by atoms with Crippen molar-refractivity contribution in [2.45, 2.75) is 45.8 Å². The summed E-state index contributed by atoms with van der Waals surface area (Å²) in [5.74, 6) is -0.420. The first-order valence-electron chi connectivity index (χ1n) is 13.6. The summed E-state index contributed by atoms with van der Waals surface area (Å²) in [5, 5.41) is 12.6. The van der Waals surface area contributed by atoms with Crippen LogP contribution in [0.15, 0.2) is 59.5 Å². The van der Waals surface area contributed by atoms with Gasteiger partial charge in [-0.25, -0.2) is 14.4 Å². The van der Waals surface area contributed by atoms with Gasteiger partial charge in [0, 0.05) is 46.4 Å². The molecule has 1 saturated heterocycles. The number of amides is 1. The summed E-state index contributed by atoms with van der Waals surface area (Å²) >= 11 is 6.21. The van der Waals surface area contributed by atoms with E-state index >= 15 is 4.39 Å². The molecule has 0 saturated carbocycles. The molecular formula is C31H30ClFN6O2. The van der Waals surface area contributed by atoms with Gasteiger partial charge in [-0.15, -0.1) is 0 Å². The maximum atomic E-state index is 15.1. The van der Waals surface area contributed by atoms with E-state index < -0.39 is 11.4 Å². The zero-order valence-corrected chi connectivity index (χ0v) is 23.7. The monoisotopic (exact) mass is 572 g/mol. The predicted octanol–water partition coefficient (Wildman–Crippen LogP) is 5.18. The van der Waals surface area contributed by atoms with Gasteiger partial charge >= 0.3 is 0 Å². The summed E-state index contributed by atoms with van der Waals surface area (Å²) in [7, 11) is 0.